The Morgan fingerprint density at radius 3 is 2.55 bits per heavy atom. The second kappa shape index (κ2) is 6.89. The Morgan fingerprint density at radius 1 is 1.21 bits per heavy atom. The monoisotopic (exact) mass is 421 g/mol. The van der Waals surface area contributed by atoms with Gasteiger partial charge in [0.1, 0.15) is 0 Å². The molecule has 1 aromatic carbocycles. The predicted molar refractivity (Wildman–Crippen MR) is 105 cm³/mol. The van der Waals surface area contributed by atoms with E-state index in [4.69, 9.17) is 11.6 Å². The summed E-state index contributed by atoms with van der Waals surface area (Å²) in [6.07, 6.45) is -4.22. The molecule has 1 atom stereocenters. The van der Waals surface area contributed by atoms with Crippen LogP contribution in [-0.4, -0.2) is 31.9 Å². The Labute approximate surface area is 167 Å². The van der Waals surface area contributed by atoms with E-state index in [2.05, 4.69) is 9.97 Å². The lowest BCUT2D eigenvalue weighted by Gasteiger charge is -2.18. The number of aliphatic hydroxyl groups excluding tert-OH is 1. The maximum absolute atomic E-state index is 13.1. The molecule has 29 heavy (non-hydrogen) atoms. The number of aromatic nitrogens is 3. The average molecular weight is 422 g/mol. The van der Waals surface area contributed by atoms with Gasteiger partial charge in [-0.05, 0) is 36.8 Å². The maximum atomic E-state index is 13.1. The molecule has 0 spiro atoms. The molecule has 0 bridgehead atoms. The van der Waals surface area contributed by atoms with Crippen molar-refractivity contribution in [3.05, 3.63) is 63.7 Å². The summed E-state index contributed by atoms with van der Waals surface area (Å²) in [4.78, 5) is 18.4. The van der Waals surface area contributed by atoms with Crippen LogP contribution in [0.15, 0.2) is 47.5 Å². The van der Waals surface area contributed by atoms with Gasteiger partial charge in [-0.2, -0.15) is 13.2 Å². The first-order valence-corrected chi connectivity index (χ1v) is 9.06. The first-order valence-electron chi connectivity index (χ1n) is 8.68. The van der Waals surface area contributed by atoms with Gasteiger partial charge < -0.3 is 14.7 Å². The highest BCUT2D eigenvalue weighted by Gasteiger charge is 2.39. The zero-order valence-corrected chi connectivity index (χ0v) is 15.8. The fourth-order valence-corrected chi connectivity index (χ4v) is 3.99. The summed E-state index contributed by atoms with van der Waals surface area (Å²) in [5, 5.41) is 11.1. The second-order valence-corrected chi connectivity index (χ2v) is 7.15. The van der Waals surface area contributed by atoms with Gasteiger partial charge in [-0.1, -0.05) is 11.6 Å². The molecule has 9 heteroatoms. The second-order valence-electron chi connectivity index (χ2n) is 6.74. The van der Waals surface area contributed by atoms with Crippen LogP contribution in [0.25, 0.3) is 33.1 Å². The van der Waals surface area contributed by atoms with E-state index in [1.54, 1.807) is 43.6 Å². The van der Waals surface area contributed by atoms with Crippen molar-refractivity contribution in [3.8, 4) is 11.3 Å². The fourth-order valence-electron chi connectivity index (χ4n) is 3.69. The van der Waals surface area contributed by atoms with Crippen LogP contribution in [0.4, 0.5) is 13.2 Å². The van der Waals surface area contributed by atoms with Crippen LogP contribution >= 0.6 is 11.6 Å². The lowest BCUT2D eigenvalue weighted by Crippen LogP contribution is -2.33. The summed E-state index contributed by atoms with van der Waals surface area (Å²) in [6.45, 7) is 1.09. The molecule has 3 heterocycles. The van der Waals surface area contributed by atoms with Gasteiger partial charge in [-0.15, -0.1) is 0 Å². The van der Waals surface area contributed by atoms with Gasteiger partial charge in [0.25, 0.3) is 0 Å². The maximum Gasteiger partial charge on any atom is 0.416 e. The lowest BCUT2D eigenvalue weighted by atomic mass is 10.0. The van der Waals surface area contributed by atoms with E-state index >= 15 is 0 Å². The van der Waals surface area contributed by atoms with Gasteiger partial charge >= 0.3 is 6.18 Å². The highest BCUT2D eigenvalue weighted by Crippen LogP contribution is 2.39. The minimum Gasteiger partial charge on any atom is -0.382 e. The van der Waals surface area contributed by atoms with Crippen LogP contribution in [-0.2, 0) is 6.54 Å². The molecular weight excluding hydrogens is 407 g/mol. The van der Waals surface area contributed by atoms with Crippen LogP contribution in [0.1, 0.15) is 5.56 Å². The van der Waals surface area contributed by atoms with E-state index < -0.39 is 18.8 Å². The number of aryl methyl sites for hydroxylation is 1. The summed E-state index contributed by atoms with van der Waals surface area (Å²) >= 11 is 6.33. The fraction of sp³-hybridized carbons (Fsp3) is 0.200. The SMILES string of the molecule is Cc1c(-c2ccncc2)n(C[C@@H](O)C(F)(F)F)c2ccc3[nH]c(=O)cc(Cl)c3c12. The number of fused-ring (bicyclic) bond motifs is 3. The third-order valence-corrected chi connectivity index (χ3v) is 5.21. The van der Waals surface area contributed by atoms with Crippen LogP contribution in [0, 0.1) is 6.92 Å². The molecule has 0 unspecified atom stereocenters. The molecule has 5 nitrogen and oxygen atoms in total. The number of hydrogen-bond donors (Lipinski definition) is 2. The summed E-state index contributed by atoms with van der Waals surface area (Å²) in [5.41, 5.74) is 2.42. The molecule has 4 aromatic rings. The minimum absolute atomic E-state index is 0.201. The van der Waals surface area contributed by atoms with Crippen LogP contribution < -0.4 is 5.56 Å². The molecule has 150 valence electrons. The first-order chi connectivity index (χ1) is 13.7. The molecule has 0 aliphatic carbocycles. The number of pyridine rings is 2. The summed E-state index contributed by atoms with van der Waals surface area (Å²) in [7, 11) is 0. The van der Waals surface area contributed by atoms with Crippen molar-refractivity contribution in [1.29, 1.82) is 0 Å². The number of aliphatic hydroxyl groups is 1. The van der Waals surface area contributed by atoms with Gasteiger partial charge in [0.15, 0.2) is 6.10 Å². The Hall–Kier alpha value is -2.84. The number of benzene rings is 1. The van der Waals surface area contributed by atoms with Crippen molar-refractivity contribution in [2.24, 2.45) is 0 Å². The lowest BCUT2D eigenvalue weighted by molar-refractivity contribution is -0.207. The standard InChI is InChI=1S/C20H15ClF3N3O2/c1-10-17-14(3-2-13-18(17)12(21)8-16(29)26-13)27(9-15(28)20(22,23)24)19(10)11-4-6-25-7-5-11/h2-8,15,28H,9H2,1H3,(H,26,29)/t15-/m1/s1. The Kier molecular flexibility index (Phi) is 4.63. The molecule has 0 aliphatic rings. The predicted octanol–water partition coefficient (Wildman–Crippen LogP) is 4.43. The highest BCUT2D eigenvalue weighted by atomic mass is 35.5. The molecule has 2 N–H and O–H groups in total. The Balaban J connectivity index is 2.11. The third kappa shape index (κ3) is 3.28. The van der Waals surface area contributed by atoms with E-state index in [1.165, 1.54) is 10.6 Å². The molecule has 0 aliphatic heterocycles. The average Bonchev–Trinajstić information content (AvgIpc) is 2.93. The van der Waals surface area contributed by atoms with Crippen molar-refractivity contribution in [3.63, 3.8) is 0 Å². The third-order valence-electron chi connectivity index (χ3n) is 4.92. The molecule has 0 radical (unpaired) electrons. The van der Waals surface area contributed by atoms with E-state index in [1.807, 2.05) is 0 Å². The molecule has 0 saturated heterocycles. The molecule has 0 saturated carbocycles. The molecular formula is C20H15ClF3N3O2. The molecule has 0 fully saturated rings. The smallest absolute Gasteiger partial charge is 0.382 e. The van der Waals surface area contributed by atoms with Gasteiger partial charge in [0.2, 0.25) is 5.56 Å². The van der Waals surface area contributed by atoms with E-state index in [9.17, 15) is 23.1 Å². The van der Waals surface area contributed by atoms with Gasteiger partial charge in [0, 0.05) is 40.3 Å². The Morgan fingerprint density at radius 2 is 1.90 bits per heavy atom. The number of alkyl halides is 3. The van der Waals surface area contributed by atoms with Gasteiger partial charge in [-0.3, -0.25) is 9.78 Å². The molecule has 4 rings (SSSR count). The van der Waals surface area contributed by atoms with E-state index in [0.29, 0.717) is 38.6 Å². The number of aromatic amines is 1. The van der Waals surface area contributed by atoms with Crippen LogP contribution in [0.5, 0.6) is 0 Å². The number of nitrogens with zero attached hydrogens (tertiary/aromatic N) is 2. The minimum atomic E-state index is -4.76. The van der Waals surface area contributed by atoms with E-state index in [-0.39, 0.29) is 10.6 Å². The van der Waals surface area contributed by atoms with Crippen LogP contribution in [0.3, 0.4) is 0 Å². The van der Waals surface area contributed by atoms with Gasteiger partial charge in [-0.25, -0.2) is 0 Å². The van der Waals surface area contributed by atoms with Gasteiger partial charge in [0.05, 0.1) is 22.8 Å². The topological polar surface area (TPSA) is 70.9 Å². The van der Waals surface area contributed by atoms with Crippen LogP contribution in [0.2, 0.25) is 5.02 Å². The van der Waals surface area contributed by atoms with Crippen molar-refractivity contribution < 1.29 is 18.3 Å². The number of H-pyrrole nitrogens is 1. The zero-order chi connectivity index (χ0) is 20.9. The van der Waals surface area contributed by atoms with Crippen molar-refractivity contribution in [1.82, 2.24) is 14.5 Å². The summed E-state index contributed by atoms with van der Waals surface area (Å²) in [6, 6.07) is 7.81. The first kappa shape index (κ1) is 19.5. The van der Waals surface area contributed by atoms with E-state index in [0.717, 1.165) is 0 Å². The largest absolute Gasteiger partial charge is 0.416 e. The molecule has 0 amide bonds. The zero-order valence-electron chi connectivity index (χ0n) is 15.1. The van der Waals surface area contributed by atoms with Crippen molar-refractivity contribution in [2.45, 2.75) is 25.7 Å². The summed E-state index contributed by atoms with van der Waals surface area (Å²) in [5.74, 6) is 0. The number of halogens is 4. The molecule has 3 aromatic heterocycles. The summed E-state index contributed by atoms with van der Waals surface area (Å²) < 4.78 is 40.7. The number of rotatable bonds is 3. The Bertz CT molecular complexity index is 1280. The number of nitrogens with one attached hydrogen (secondary N) is 1. The normalized spacial score (nSPS) is 13.3. The van der Waals surface area contributed by atoms with Crippen molar-refractivity contribution >= 4 is 33.4 Å². The van der Waals surface area contributed by atoms with Crippen molar-refractivity contribution in [2.75, 3.05) is 0 Å². The number of hydrogen-bond acceptors (Lipinski definition) is 3. The highest BCUT2D eigenvalue weighted by molar-refractivity contribution is 6.37. The quantitative estimate of drug-likeness (QED) is 0.514.